The zero-order chi connectivity index (χ0) is 13.9. The van der Waals surface area contributed by atoms with Crippen LogP contribution in [0.4, 0.5) is 5.69 Å². The molecule has 0 aliphatic carbocycles. The Morgan fingerprint density at radius 1 is 1.25 bits per heavy atom. The zero-order valence-corrected chi connectivity index (χ0v) is 11.4. The van der Waals surface area contributed by atoms with Crippen LogP contribution in [-0.4, -0.2) is 6.61 Å². The summed E-state index contributed by atoms with van der Waals surface area (Å²) < 4.78 is 5.67. The van der Waals surface area contributed by atoms with E-state index in [1.54, 1.807) is 0 Å². The van der Waals surface area contributed by atoms with Crippen molar-refractivity contribution in [2.75, 3.05) is 11.9 Å². The molecular weight excluding hydrogens is 248 g/mol. The Bertz CT molecular complexity index is 673. The predicted molar refractivity (Wildman–Crippen MR) is 78.8 cm³/mol. The summed E-state index contributed by atoms with van der Waals surface area (Å²) in [6.07, 6.45) is 0.924. The Kier molecular flexibility index (Phi) is 3.30. The number of anilines is 1. The number of nitriles is 1. The molecule has 1 N–H and O–H groups in total. The van der Waals surface area contributed by atoms with E-state index in [9.17, 15) is 0 Å². The average Bonchev–Trinajstić information content (AvgIpc) is 2.50. The minimum Gasteiger partial charge on any atom is -0.493 e. The molecule has 3 heteroatoms. The molecule has 100 valence electrons. The number of hydrogen-bond acceptors (Lipinski definition) is 3. The lowest BCUT2D eigenvalue weighted by Gasteiger charge is -2.28. The molecule has 0 radical (unpaired) electrons. The SMILES string of the molecule is Cc1ccc(C#N)cc1NC1CCOc2ccccc21. The van der Waals surface area contributed by atoms with Crippen LogP contribution in [0.3, 0.4) is 0 Å². The molecule has 1 unspecified atom stereocenters. The smallest absolute Gasteiger partial charge is 0.124 e. The van der Waals surface area contributed by atoms with E-state index in [-0.39, 0.29) is 6.04 Å². The number of rotatable bonds is 2. The minimum absolute atomic E-state index is 0.229. The molecule has 3 nitrogen and oxygen atoms in total. The zero-order valence-electron chi connectivity index (χ0n) is 11.4. The second kappa shape index (κ2) is 5.26. The molecule has 2 aromatic rings. The number of nitrogens with one attached hydrogen (secondary N) is 1. The van der Waals surface area contributed by atoms with Crippen LogP contribution < -0.4 is 10.1 Å². The highest BCUT2D eigenvalue weighted by molar-refractivity contribution is 5.57. The second-order valence-corrected chi connectivity index (χ2v) is 5.01. The van der Waals surface area contributed by atoms with E-state index in [0.717, 1.165) is 23.4 Å². The molecule has 2 aromatic carbocycles. The Morgan fingerprint density at radius 2 is 2.10 bits per heavy atom. The Labute approximate surface area is 118 Å². The topological polar surface area (TPSA) is 45.0 Å². The number of ether oxygens (including phenoxy) is 1. The lowest BCUT2D eigenvalue weighted by Crippen LogP contribution is -2.20. The summed E-state index contributed by atoms with van der Waals surface area (Å²) in [7, 11) is 0. The highest BCUT2D eigenvalue weighted by Gasteiger charge is 2.21. The van der Waals surface area contributed by atoms with Gasteiger partial charge in [-0.25, -0.2) is 0 Å². The summed E-state index contributed by atoms with van der Waals surface area (Å²) in [5, 5.41) is 12.6. The van der Waals surface area contributed by atoms with Crippen molar-refractivity contribution in [1.29, 1.82) is 5.26 Å². The Balaban J connectivity index is 1.91. The van der Waals surface area contributed by atoms with Crippen LogP contribution in [0.1, 0.15) is 29.2 Å². The van der Waals surface area contributed by atoms with Crippen molar-refractivity contribution in [3.63, 3.8) is 0 Å². The van der Waals surface area contributed by atoms with E-state index in [4.69, 9.17) is 10.00 Å². The maximum atomic E-state index is 9.02. The van der Waals surface area contributed by atoms with Crippen molar-refractivity contribution >= 4 is 5.69 Å². The van der Waals surface area contributed by atoms with E-state index in [1.807, 2.05) is 36.4 Å². The van der Waals surface area contributed by atoms with Crippen LogP contribution >= 0.6 is 0 Å². The van der Waals surface area contributed by atoms with Gasteiger partial charge in [0.1, 0.15) is 5.75 Å². The quantitative estimate of drug-likeness (QED) is 0.897. The second-order valence-electron chi connectivity index (χ2n) is 5.01. The summed E-state index contributed by atoms with van der Waals surface area (Å²) in [6.45, 7) is 2.76. The number of fused-ring (bicyclic) bond motifs is 1. The van der Waals surface area contributed by atoms with Gasteiger partial charge in [0.25, 0.3) is 0 Å². The molecule has 0 fully saturated rings. The van der Waals surface area contributed by atoms with E-state index in [1.165, 1.54) is 5.56 Å². The molecule has 0 saturated heterocycles. The molecule has 0 spiro atoms. The highest BCUT2D eigenvalue weighted by Crippen LogP contribution is 2.34. The summed E-state index contributed by atoms with van der Waals surface area (Å²) in [6, 6.07) is 16.3. The standard InChI is InChI=1S/C17H16N2O/c1-12-6-7-13(11-18)10-16(12)19-15-8-9-20-17-5-3-2-4-14(15)17/h2-7,10,15,19H,8-9H2,1H3. The summed E-state index contributed by atoms with van der Waals surface area (Å²) in [5.41, 5.74) is 4.03. The number of para-hydroxylation sites is 1. The van der Waals surface area contributed by atoms with Crippen LogP contribution in [0.25, 0.3) is 0 Å². The maximum Gasteiger partial charge on any atom is 0.124 e. The third-order valence-electron chi connectivity index (χ3n) is 3.65. The average molecular weight is 264 g/mol. The van der Waals surface area contributed by atoms with Gasteiger partial charge in [0.05, 0.1) is 24.3 Å². The maximum absolute atomic E-state index is 9.02. The van der Waals surface area contributed by atoms with Crippen LogP contribution in [-0.2, 0) is 0 Å². The highest BCUT2D eigenvalue weighted by atomic mass is 16.5. The lowest BCUT2D eigenvalue weighted by molar-refractivity contribution is 0.274. The van der Waals surface area contributed by atoms with Crippen LogP contribution in [0, 0.1) is 18.3 Å². The van der Waals surface area contributed by atoms with Gasteiger partial charge in [-0.3, -0.25) is 0 Å². The third-order valence-corrected chi connectivity index (χ3v) is 3.65. The number of hydrogen-bond donors (Lipinski definition) is 1. The first-order chi connectivity index (χ1) is 9.78. The minimum atomic E-state index is 0.229. The van der Waals surface area contributed by atoms with E-state index >= 15 is 0 Å². The van der Waals surface area contributed by atoms with Gasteiger partial charge in [-0.15, -0.1) is 0 Å². The Morgan fingerprint density at radius 3 is 2.95 bits per heavy atom. The van der Waals surface area contributed by atoms with Gasteiger partial charge in [-0.1, -0.05) is 24.3 Å². The summed E-state index contributed by atoms with van der Waals surface area (Å²) in [4.78, 5) is 0. The molecule has 0 bridgehead atoms. The van der Waals surface area contributed by atoms with Crippen LogP contribution in [0.5, 0.6) is 5.75 Å². The number of benzene rings is 2. The van der Waals surface area contributed by atoms with Gasteiger partial charge >= 0.3 is 0 Å². The Hall–Kier alpha value is -2.47. The van der Waals surface area contributed by atoms with Crippen LogP contribution in [0.2, 0.25) is 0 Å². The molecule has 1 aliphatic rings. The molecule has 0 amide bonds. The van der Waals surface area contributed by atoms with E-state index in [2.05, 4.69) is 24.4 Å². The van der Waals surface area contributed by atoms with E-state index < -0.39 is 0 Å². The fourth-order valence-electron chi connectivity index (χ4n) is 2.53. The van der Waals surface area contributed by atoms with Gasteiger partial charge in [0, 0.05) is 17.7 Å². The fourth-order valence-corrected chi connectivity index (χ4v) is 2.53. The van der Waals surface area contributed by atoms with Crippen molar-refractivity contribution in [1.82, 2.24) is 0 Å². The van der Waals surface area contributed by atoms with Gasteiger partial charge in [-0.2, -0.15) is 5.26 Å². The van der Waals surface area contributed by atoms with Crippen molar-refractivity contribution in [3.8, 4) is 11.8 Å². The predicted octanol–water partition coefficient (Wildman–Crippen LogP) is 3.80. The molecule has 1 atom stereocenters. The molecule has 20 heavy (non-hydrogen) atoms. The van der Waals surface area contributed by atoms with E-state index in [0.29, 0.717) is 12.2 Å². The normalized spacial score (nSPS) is 16.7. The molecule has 0 aromatic heterocycles. The summed E-state index contributed by atoms with van der Waals surface area (Å²) >= 11 is 0. The monoisotopic (exact) mass is 264 g/mol. The largest absolute Gasteiger partial charge is 0.493 e. The van der Waals surface area contributed by atoms with Crippen molar-refractivity contribution < 1.29 is 4.74 Å². The first-order valence-corrected chi connectivity index (χ1v) is 6.77. The fraction of sp³-hybridized carbons (Fsp3) is 0.235. The number of nitrogens with zero attached hydrogens (tertiary/aromatic N) is 1. The van der Waals surface area contributed by atoms with Crippen molar-refractivity contribution in [3.05, 3.63) is 59.2 Å². The van der Waals surface area contributed by atoms with Crippen LogP contribution in [0.15, 0.2) is 42.5 Å². The first kappa shape index (κ1) is 12.6. The van der Waals surface area contributed by atoms with Crippen molar-refractivity contribution in [2.45, 2.75) is 19.4 Å². The van der Waals surface area contributed by atoms with Gasteiger partial charge in [-0.05, 0) is 30.7 Å². The summed E-state index contributed by atoms with van der Waals surface area (Å²) in [5.74, 6) is 0.949. The molecule has 3 rings (SSSR count). The molecule has 1 aliphatic heterocycles. The van der Waals surface area contributed by atoms with Gasteiger partial charge < -0.3 is 10.1 Å². The number of aryl methyl sites for hydroxylation is 1. The molecule has 0 saturated carbocycles. The van der Waals surface area contributed by atoms with Gasteiger partial charge in [0.15, 0.2) is 0 Å². The van der Waals surface area contributed by atoms with Gasteiger partial charge in [0.2, 0.25) is 0 Å². The third kappa shape index (κ3) is 2.33. The molecule has 1 heterocycles. The molecular formula is C17H16N2O. The lowest BCUT2D eigenvalue weighted by atomic mass is 9.99. The van der Waals surface area contributed by atoms with Crippen molar-refractivity contribution in [2.24, 2.45) is 0 Å². The first-order valence-electron chi connectivity index (χ1n) is 6.77.